The van der Waals surface area contributed by atoms with E-state index in [1.54, 1.807) is 25.3 Å². The van der Waals surface area contributed by atoms with Crippen molar-refractivity contribution in [2.24, 2.45) is 0 Å². The average Bonchev–Trinajstić information content (AvgIpc) is 2.91. The Bertz CT molecular complexity index is 1480. The summed E-state index contributed by atoms with van der Waals surface area (Å²) < 4.78 is 27.1. The van der Waals surface area contributed by atoms with Gasteiger partial charge in [0.1, 0.15) is 35.1 Å². The Kier molecular flexibility index (Phi) is 6.52. The Morgan fingerprint density at radius 3 is 2.61 bits per heavy atom. The van der Waals surface area contributed by atoms with Crippen LogP contribution in [0.25, 0.3) is 11.0 Å². The van der Waals surface area contributed by atoms with Gasteiger partial charge in [0.15, 0.2) is 17.3 Å². The number of carbonyl (C=O) groups excluding carboxylic acids is 1. The average molecular weight is 489 g/mol. The number of hydrogen-bond donors (Lipinski definition) is 1. The molecule has 1 aliphatic rings. The maximum atomic E-state index is 13.7. The van der Waals surface area contributed by atoms with Crippen molar-refractivity contribution in [3.05, 3.63) is 99.2 Å². The lowest BCUT2D eigenvalue weighted by Crippen LogP contribution is -2.39. The van der Waals surface area contributed by atoms with Gasteiger partial charge in [0.2, 0.25) is 0 Å². The van der Waals surface area contributed by atoms with E-state index < -0.39 is 11.7 Å². The molecule has 5 rings (SSSR count). The van der Waals surface area contributed by atoms with Gasteiger partial charge in [0.05, 0.1) is 13.2 Å². The van der Waals surface area contributed by atoms with Crippen LogP contribution in [0.5, 0.6) is 11.5 Å². The molecule has 1 atom stereocenters. The first-order valence-electron chi connectivity index (χ1n) is 11.8. The largest absolute Gasteiger partial charge is 0.486 e. The number of aromatic nitrogens is 2. The smallest absolute Gasteiger partial charge is 0.266 e. The maximum Gasteiger partial charge on any atom is 0.266 e. The molecule has 36 heavy (non-hydrogen) atoms. The van der Waals surface area contributed by atoms with Crippen molar-refractivity contribution >= 4 is 16.8 Å². The summed E-state index contributed by atoms with van der Waals surface area (Å²) in [5, 5.41) is 9.87. The van der Waals surface area contributed by atoms with E-state index in [-0.39, 0.29) is 49.1 Å². The summed E-state index contributed by atoms with van der Waals surface area (Å²) >= 11 is 0. The van der Waals surface area contributed by atoms with Crippen LogP contribution < -0.4 is 15.0 Å². The van der Waals surface area contributed by atoms with E-state index in [9.17, 15) is 19.1 Å². The second-order valence-electron chi connectivity index (χ2n) is 8.71. The third-order valence-corrected chi connectivity index (χ3v) is 6.26. The van der Waals surface area contributed by atoms with Crippen molar-refractivity contribution in [1.29, 1.82) is 0 Å². The molecule has 7 nitrogen and oxygen atoms in total. The van der Waals surface area contributed by atoms with Crippen LogP contribution in [0, 0.1) is 5.82 Å². The molecule has 0 radical (unpaired) electrons. The quantitative estimate of drug-likeness (QED) is 0.377. The highest BCUT2D eigenvalue weighted by molar-refractivity contribution is 6.03. The topological polar surface area (TPSA) is 90.7 Å². The Hall–Kier alpha value is -4.04. The minimum absolute atomic E-state index is 0.0516. The fraction of sp³-hybridized carbons (Fsp3) is 0.250. The van der Waals surface area contributed by atoms with E-state index in [0.29, 0.717) is 28.8 Å². The van der Waals surface area contributed by atoms with E-state index >= 15 is 0 Å². The molecule has 1 N–H and O–H groups in total. The number of pyridine rings is 2. The Balaban J connectivity index is 1.71. The van der Waals surface area contributed by atoms with E-state index in [4.69, 9.17) is 9.47 Å². The summed E-state index contributed by atoms with van der Waals surface area (Å²) in [6, 6.07) is 15.5. The molecule has 0 saturated heterocycles. The predicted octanol–water partition coefficient (Wildman–Crippen LogP) is 4.05. The maximum absolute atomic E-state index is 13.7. The number of carbonyl (C=O) groups is 1. The number of rotatable bonds is 8. The number of aliphatic hydroxyl groups excluding tert-OH is 1. The Morgan fingerprint density at radius 2 is 1.92 bits per heavy atom. The molecule has 0 amide bonds. The van der Waals surface area contributed by atoms with Crippen LogP contribution in [0.2, 0.25) is 0 Å². The summed E-state index contributed by atoms with van der Waals surface area (Å²) in [5.41, 5.74) is 2.59. The molecule has 2 aromatic carbocycles. The van der Waals surface area contributed by atoms with Crippen LogP contribution in [0.3, 0.4) is 0 Å². The van der Waals surface area contributed by atoms with Gasteiger partial charge in [0.25, 0.3) is 5.56 Å². The molecule has 3 heterocycles. The van der Waals surface area contributed by atoms with Crippen molar-refractivity contribution < 1.29 is 23.8 Å². The number of halogens is 1. The highest BCUT2D eigenvalue weighted by atomic mass is 19.1. The molecule has 0 saturated carbocycles. The molecule has 4 aromatic rings. The highest BCUT2D eigenvalue weighted by Gasteiger charge is 2.31. The predicted molar refractivity (Wildman–Crippen MR) is 132 cm³/mol. The lowest BCUT2D eigenvalue weighted by atomic mass is 10.0. The SMILES string of the molecule is CCC(=O)c1c(OCc2ccccc2)c2ncc(Cc3ccc(F)cc3)c3c2n(c1=O)CC(CO)O3. The van der Waals surface area contributed by atoms with Crippen LogP contribution in [0.15, 0.2) is 65.6 Å². The lowest BCUT2D eigenvalue weighted by molar-refractivity contribution is 0.0921. The van der Waals surface area contributed by atoms with E-state index in [0.717, 1.165) is 11.1 Å². The zero-order chi connectivity index (χ0) is 25.2. The van der Waals surface area contributed by atoms with Gasteiger partial charge in [-0.1, -0.05) is 49.4 Å². The van der Waals surface area contributed by atoms with Gasteiger partial charge >= 0.3 is 0 Å². The number of aliphatic hydroxyl groups is 1. The van der Waals surface area contributed by atoms with Gasteiger partial charge in [-0.3, -0.25) is 19.1 Å². The van der Waals surface area contributed by atoms with Crippen molar-refractivity contribution in [2.75, 3.05) is 6.61 Å². The highest BCUT2D eigenvalue weighted by Crippen LogP contribution is 2.38. The van der Waals surface area contributed by atoms with Crippen LogP contribution in [-0.2, 0) is 19.6 Å². The summed E-state index contributed by atoms with van der Waals surface area (Å²) in [7, 11) is 0. The van der Waals surface area contributed by atoms with Gasteiger partial charge in [-0.2, -0.15) is 0 Å². The number of benzene rings is 2. The third kappa shape index (κ3) is 4.35. The number of nitrogens with zero attached hydrogens (tertiary/aromatic N) is 2. The second-order valence-corrected chi connectivity index (χ2v) is 8.71. The monoisotopic (exact) mass is 488 g/mol. The van der Waals surface area contributed by atoms with Crippen LogP contribution >= 0.6 is 0 Å². The Labute approximate surface area is 206 Å². The fourth-order valence-corrected chi connectivity index (χ4v) is 4.44. The molecule has 184 valence electrons. The van der Waals surface area contributed by atoms with Crippen molar-refractivity contribution in [1.82, 2.24) is 9.55 Å². The van der Waals surface area contributed by atoms with Crippen molar-refractivity contribution in [3.63, 3.8) is 0 Å². The second kappa shape index (κ2) is 9.91. The zero-order valence-electron chi connectivity index (χ0n) is 19.7. The molecule has 0 fully saturated rings. The summed E-state index contributed by atoms with van der Waals surface area (Å²) in [5.74, 6) is -0.163. The van der Waals surface area contributed by atoms with Gasteiger partial charge in [-0.05, 0) is 23.3 Å². The minimum atomic E-state index is -0.673. The lowest BCUT2D eigenvalue weighted by Gasteiger charge is -2.29. The molecule has 0 spiro atoms. The van der Waals surface area contributed by atoms with E-state index in [2.05, 4.69) is 4.98 Å². The summed E-state index contributed by atoms with van der Waals surface area (Å²) in [4.78, 5) is 31.2. The van der Waals surface area contributed by atoms with Crippen LogP contribution in [0.4, 0.5) is 4.39 Å². The number of ketones is 1. The first-order chi connectivity index (χ1) is 17.5. The molecule has 1 aliphatic heterocycles. The summed E-state index contributed by atoms with van der Waals surface area (Å²) in [6.45, 7) is 1.60. The van der Waals surface area contributed by atoms with Gasteiger partial charge < -0.3 is 14.6 Å². The minimum Gasteiger partial charge on any atom is -0.486 e. The molecule has 0 bridgehead atoms. The van der Waals surface area contributed by atoms with Crippen LogP contribution in [0.1, 0.15) is 40.4 Å². The standard InChI is InChI=1S/C28H25FN2O5/c1-2-22(33)23-27(35-16-18-6-4-3-5-7-18)24-25-26(36-21(15-32)14-31(25)28(23)34)19(13-30-24)12-17-8-10-20(29)11-9-17/h3-11,13,21,32H,2,12,14-16H2,1H3. The van der Waals surface area contributed by atoms with Gasteiger partial charge in [-0.15, -0.1) is 0 Å². The van der Waals surface area contributed by atoms with Gasteiger partial charge in [0, 0.05) is 24.6 Å². The number of hydrogen-bond acceptors (Lipinski definition) is 6. The normalized spacial score (nSPS) is 14.5. The number of Topliss-reactive ketones (excluding diaryl/α,β-unsaturated/α-hetero) is 1. The first-order valence-corrected chi connectivity index (χ1v) is 11.8. The van der Waals surface area contributed by atoms with Crippen molar-refractivity contribution in [2.45, 2.75) is 39.0 Å². The van der Waals surface area contributed by atoms with E-state index in [1.807, 2.05) is 30.3 Å². The van der Waals surface area contributed by atoms with Crippen LogP contribution in [-0.4, -0.2) is 33.2 Å². The van der Waals surface area contributed by atoms with Crippen molar-refractivity contribution in [3.8, 4) is 11.5 Å². The van der Waals surface area contributed by atoms with E-state index in [1.165, 1.54) is 16.7 Å². The molecular weight excluding hydrogens is 463 g/mol. The molecule has 0 aliphatic carbocycles. The molecule has 8 heteroatoms. The summed E-state index contributed by atoms with van der Waals surface area (Å²) in [6.07, 6.45) is 1.44. The Morgan fingerprint density at radius 1 is 1.17 bits per heavy atom. The molecular formula is C28H25FN2O5. The fourth-order valence-electron chi connectivity index (χ4n) is 4.44. The number of ether oxygens (including phenoxy) is 2. The third-order valence-electron chi connectivity index (χ3n) is 6.26. The van der Waals surface area contributed by atoms with Gasteiger partial charge in [-0.25, -0.2) is 4.39 Å². The first kappa shape index (κ1) is 23.7. The molecule has 2 aromatic heterocycles. The molecule has 1 unspecified atom stereocenters. The zero-order valence-corrected chi connectivity index (χ0v) is 19.7.